The molecule has 1 aromatic carbocycles. The third-order valence-electron chi connectivity index (χ3n) is 3.73. The smallest absolute Gasteiger partial charge is 0.272 e. The van der Waals surface area contributed by atoms with Crippen LogP contribution in [0, 0.1) is 0 Å². The summed E-state index contributed by atoms with van der Waals surface area (Å²) in [5, 5.41) is 14.0. The number of amides is 1. The Balaban J connectivity index is 1.55. The lowest BCUT2D eigenvalue weighted by Gasteiger charge is -2.09. The molecule has 2 N–H and O–H groups in total. The Morgan fingerprint density at radius 1 is 1.04 bits per heavy atom. The quantitative estimate of drug-likeness (QED) is 0.681. The first-order chi connectivity index (χ1) is 12.8. The first-order valence-corrected chi connectivity index (χ1v) is 8.13. The molecule has 0 unspecified atom stereocenters. The number of ether oxygens (including phenoxy) is 1. The highest BCUT2D eigenvalue weighted by Crippen LogP contribution is 2.18. The highest BCUT2D eigenvalue weighted by Gasteiger charge is 2.08. The van der Waals surface area contributed by atoms with Gasteiger partial charge in [-0.2, -0.15) is 0 Å². The zero-order chi connectivity index (χ0) is 18.2. The van der Waals surface area contributed by atoms with Crippen molar-refractivity contribution >= 4 is 11.7 Å². The van der Waals surface area contributed by atoms with Crippen LogP contribution in [0.1, 0.15) is 21.6 Å². The van der Waals surface area contributed by atoms with Crippen molar-refractivity contribution in [3.8, 4) is 5.75 Å². The number of anilines is 1. The summed E-state index contributed by atoms with van der Waals surface area (Å²) in [5.41, 5.74) is 2.19. The normalized spacial score (nSPS) is 10.2. The molecule has 0 radical (unpaired) electrons. The van der Waals surface area contributed by atoms with Crippen LogP contribution < -0.4 is 15.4 Å². The van der Waals surface area contributed by atoms with Crippen LogP contribution in [-0.4, -0.2) is 28.2 Å². The first-order valence-electron chi connectivity index (χ1n) is 8.13. The average Bonchev–Trinajstić information content (AvgIpc) is 2.72. The van der Waals surface area contributed by atoms with Crippen LogP contribution in [0.3, 0.4) is 0 Å². The standard InChI is InChI=1S/C19H19N5O2/c1-26-17-7-3-2-6-15(17)13-21-18-9-8-16(23-24-18)19(25)22-12-14-5-4-10-20-11-14/h2-11H,12-13H2,1H3,(H,21,24)(H,22,25). The molecule has 0 fully saturated rings. The molecule has 0 saturated carbocycles. The minimum Gasteiger partial charge on any atom is -0.496 e. The summed E-state index contributed by atoms with van der Waals surface area (Å²) < 4.78 is 5.31. The number of carbonyl (C=O) groups is 1. The number of hydrogen-bond donors (Lipinski definition) is 2. The van der Waals surface area contributed by atoms with Crippen LogP contribution >= 0.6 is 0 Å². The molecule has 7 nitrogen and oxygen atoms in total. The zero-order valence-electron chi connectivity index (χ0n) is 14.3. The van der Waals surface area contributed by atoms with E-state index in [1.165, 1.54) is 0 Å². The molecular formula is C19H19N5O2. The van der Waals surface area contributed by atoms with Gasteiger partial charge in [-0.1, -0.05) is 24.3 Å². The number of nitrogens with zero attached hydrogens (tertiary/aromatic N) is 3. The maximum Gasteiger partial charge on any atom is 0.272 e. The van der Waals surface area contributed by atoms with Gasteiger partial charge in [0.2, 0.25) is 0 Å². The molecule has 2 heterocycles. The Bertz CT molecular complexity index is 853. The second-order valence-corrected chi connectivity index (χ2v) is 5.51. The number of para-hydroxylation sites is 1. The summed E-state index contributed by atoms with van der Waals surface area (Å²) in [6, 6.07) is 14.8. The Labute approximate surface area is 151 Å². The van der Waals surface area contributed by atoms with E-state index in [-0.39, 0.29) is 11.6 Å². The van der Waals surface area contributed by atoms with Crippen LogP contribution in [-0.2, 0) is 13.1 Å². The highest BCUT2D eigenvalue weighted by molar-refractivity contribution is 5.92. The summed E-state index contributed by atoms with van der Waals surface area (Å²) >= 11 is 0. The monoisotopic (exact) mass is 349 g/mol. The van der Waals surface area contributed by atoms with Gasteiger partial charge < -0.3 is 15.4 Å². The summed E-state index contributed by atoms with van der Waals surface area (Å²) in [7, 11) is 1.64. The van der Waals surface area contributed by atoms with Crippen LogP contribution in [0.2, 0.25) is 0 Å². The summed E-state index contributed by atoms with van der Waals surface area (Å²) in [5.74, 6) is 1.11. The van der Waals surface area contributed by atoms with Crippen LogP contribution in [0.5, 0.6) is 5.75 Å². The maximum absolute atomic E-state index is 12.1. The van der Waals surface area contributed by atoms with Gasteiger partial charge in [0.05, 0.1) is 7.11 Å². The lowest BCUT2D eigenvalue weighted by atomic mass is 10.2. The Morgan fingerprint density at radius 3 is 2.65 bits per heavy atom. The van der Waals surface area contributed by atoms with Crippen molar-refractivity contribution in [1.29, 1.82) is 0 Å². The summed E-state index contributed by atoms with van der Waals surface area (Å²) in [4.78, 5) is 16.1. The van der Waals surface area contributed by atoms with E-state index in [1.54, 1.807) is 31.6 Å². The number of rotatable bonds is 7. The Morgan fingerprint density at radius 2 is 1.92 bits per heavy atom. The van der Waals surface area contributed by atoms with E-state index in [2.05, 4.69) is 25.8 Å². The Kier molecular flexibility index (Phi) is 5.72. The summed E-state index contributed by atoms with van der Waals surface area (Å²) in [6.07, 6.45) is 3.39. The fraction of sp³-hybridized carbons (Fsp3) is 0.158. The van der Waals surface area contributed by atoms with Crippen molar-refractivity contribution in [2.24, 2.45) is 0 Å². The van der Waals surface area contributed by atoms with Gasteiger partial charge in [-0.3, -0.25) is 9.78 Å². The predicted octanol–water partition coefficient (Wildman–Crippen LogP) is 2.42. The second-order valence-electron chi connectivity index (χ2n) is 5.51. The fourth-order valence-electron chi connectivity index (χ4n) is 2.36. The molecule has 26 heavy (non-hydrogen) atoms. The molecule has 1 amide bonds. The first kappa shape index (κ1) is 17.3. The largest absolute Gasteiger partial charge is 0.496 e. The molecule has 0 saturated heterocycles. The molecule has 0 aliphatic heterocycles. The van der Waals surface area contributed by atoms with Gasteiger partial charge in [0.25, 0.3) is 5.91 Å². The third kappa shape index (κ3) is 4.54. The van der Waals surface area contributed by atoms with E-state index >= 15 is 0 Å². The van der Waals surface area contributed by atoms with Gasteiger partial charge in [0.15, 0.2) is 5.69 Å². The van der Waals surface area contributed by atoms with E-state index in [0.717, 1.165) is 16.9 Å². The number of pyridine rings is 1. The van der Waals surface area contributed by atoms with Crippen molar-refractivity contribution in [3.63, 3.8) is 0 Å². The van der Waals surface area contributed by atoms with Crippen molar-refractivity contribution in [1.82, 2.24) is 20.5 Å². The number of benzene rings is 1. The minimum absolute atomic E-state index is 0.261. The van der Waals surface area contributed by atoms with Crippen molar-refractivity contribution in [2.75, 3.05) is 12.4 Å². The average molecular weight is 349 g/mol. The highest BCUT2D eigenvalue weighted by atomic mass is 16.5. The summed E-state index contributed by atoms with van der Waals surface area (Å²) in [6.45, 7) is 0.938. The number of hydrogen-bond acceptors (Lipinski definition) is 6. The molecule has 0 aliphatic carbocycles. The topological polar surface area (TPSA) is 89.0 Å². The van der Waals surface area contributed by atoms with Gasteiger partial charge in [-0.25, -0.2) is 0 Å². The fourth-order valence-corrected chi connectivity index (χ4v) is 2.36. The van der Waals surface area contributed by atoms with E-state index in [4.69, 9.17) is 4.74 Å². The van der Waals surface area contributed by atoms with E-state index in [0.29, 0.717) is 18.9 Å². The second kappa shape index (κ2) is 8.57. The zero-order valence-corrected chi connectivity index (χ0v) is 14.3. The molecule has 7 heteroatoms. The van der Waals surface area contributed by atoms with Crippen LogP contribution in [0.15, 0.2) is 60.9 Å². The number of nitrogens with one attached hydrogen (secondary N) is 2. The minimum atomic E-state index is -0.280. The molecule has 132 valence electrons. The van der Waals surface area contributed by atoms with Crippen molar-refractivity contribution < 1.29 is 9.53 Å². The lowest BCUT2D eigenvalue weighted by molar-refractivity contribution is 0.0945. The molecule has 0 aliphatic rings. The Hall–Kier alpha value is -3.48. The van der Waals surface area contributed by atoms with Crippen molar-refractivity contribution in [2.45, 2.75) is 13.1 Å². The number of aromatic nitrogens is 3. The molecule has 0 bridgehead atoms. The number of methoxy groups -OCH3 is 1. The van der Waals surface area contributed by atoms with E-state index in [1.807, 2.05) is 36.4 Å². The number of carbonyl (C=O) groups excluding carboxylic acids is 1. The molecule has 0 atom stereocenters. The predicted molar refractivity (Wildman–Crippen MR) is 97.8 cm³/mol. The molecule has 2 aromatic heterocycles. The van der Waals surface area contributed by atoms with Crippen molar-refractivity contribution in [3.05, 3.63) is 77.7 Å². The van der Waals surface area contributed by atoms with Gasteiger partial charge in [0.1, 0.15) is 11.6 Å². The lowest BCUT2D eigenvalue weighted by Crippen LogP contribution is -2.24. The van der Waals surface area contributed by atoms with E-state index < -0.39 is 0 Å². The van der Waals surface area contributed by atoms with Crippen LogP contribution in [0.25, 0.3) is 0 Å². The van der Waals surface area contributed by atoms with Gasteiger partial charge in [-0.05, 0) is 29.8 Å². The molecular weight excluding hydrogens is 330 g/mol. The molecule has 0 spiro atoms. The van der Waals surface area contributed by atoms with E-state index in [9.17, 15) is 4.79 Å². The van der Waals surface area contributed by atoms with Gasteiger partial charge in [0, 0.05) is 31.0 Å². The van der Waals surface area contributed by atoms with Gasteiger partial charge >= 0.3 is 0 Å². The third-order valence-corrected chi connectivity index (χ3v) is 3.73. The molecule has 3 aromatic rings. The maximum atomic E-state index is 12.1. The van der Waals surface area contributed by atoms with Gasteiger partial charge in [-0.15, -0.1) is 10.2 Å². The molecule has 3 rings (SSSR count). The van der Waals surface area contributed by atoms with Crippen LogP contribution in [0.4, 0.5) is 5.82 Å². The SMILES string of the molecule is COc1ccccc1CNc1ccc(C(=O)NCc2cccnc2)nn1.